The van der Waals surface area contributed by atoms with Crippen LogP contribution in [0.2, 0.25) is 0 Å². The number of rotatable bonds is 1. The van der Waals surface area contributed by atoms with Gasteiger partial charge in [0.05, 0.1) is 0 Å². The average Bonchev–Trinajstić information content (AvgIpc) is 2.71. The molecule has 24 heavy (non-hydrogen) atoms. The molecule has 2 heterocycles. The Hall–Kier alpha value is -1.84. The van der Waals surface area contributed by atoms with Crippen LogP contribution in [-0.4, -0.2) is 37.2 Å². The maximum Gasteiger partial charge on any atom is 0.120 e. The number of para-hydroxylation sites is 1. The minimum Gasteiger partial charge on any atom is -0.380 e. The van der Waals surface area contributed by atoms with E-state index in [1.165, 1.54) is 5.56 Å². The van der Waals surface area contributed by atoms with E-state index in [0.717, 1.165) is 49.3 Å². The van der Waals surface area contributed by atoms with Gasteiger partial charge in [0.15, 0.2) is 0 Å². The van der Waals surface area contributed by atoms with Gasteiger partial charge >= 0.3 is 0 Å². The van der Waals surface area contributed by atoms with Gasteiger partial charge in [0.1, 0.15) is 5.60 Å². The van der Waals surface area contributed by atoms with Crippen molar-refractivity contribution in [1.29, 1.82) is 0 Å². The number of anilines is 1. The number of aliphatic hydroxyl groups is 1. The minimum absolute atomic E-state index is 0.252. The molecule has 1 N–H and O–H groups in total. The fourth-order valence-electron chi connectivity index (χ4n) is 4.51. The Kier molecular flexibility index (Phi) is 3.86. The van der Waals surface area contributed by atoms with Gasteiger partial charge in [0.2, 0.25) is 0 Å². The molecule has 0 radical (unpaired) electrons. The first-order valence-electron chi connectivity index (χ1n) is 8.90. The average molecular weight is 322 g/mol. The second kappa shape index (κ2) is 5.91. The topological polar surface area (TPSA) is 26.7 Å². The highest BCUT2D eigenvalue weighted by atomic mass is 16.3. The molecule has 2 aliphatic rings. The van der Waals surface area contributed by atoms with Gasteiger partial charge in [-0.15, -0.1) is 0 Å². The normalized spacial score (nSPS) is 25.0. The van der Waals surface area contributed by atoms with Crippen LogP contribution in [0.5, 0.6) is 0 Å². The van der Waals surface area contributed by atoms with Crippen molar-refractivity contribution in [2.45, 2.75) is 25.0 Å². The van der Waals surface area contributed by atoms with Gasteiger partial charge in [-0.05, 0) is 56.1 Å². The molecule has 0 aromatic heterocycles. The molecule has 0 bridgehead atoms. The van der Waals surface area contributed by atoms with Gasteiger partial charge in [-0.3, -0.25) is 0 Å². The number of benzene rings is 2. The monoisotopic (exact) mass is 322 g/mol. The zero-order valence-electron chi connectivity index (χ0n) is 14.6. The molecule has 2 aromatic carbocycles. The van der Waals surface area contributed by atoms with E-state index in [2.05, 4.69) is 72.4 Å². The first kappa shape index (κ1) is 15.7. The van der Waals surface area contributed by atoms with Crippen LogP contribution in [0.3, 0.4) is 0 Å². The summed E-state index contributed by atoms with van der Waals surface area (Å²) >= 11 is 0. The molecule has 0 spiro atoms. The summed E-state index contributed by atoms with van der Waals surface area (Å²) < 4.78 is 0. The maximum atomic E-state index is 12.1. The van der Waals surface area contributed by atoms with Crippen LogP contribution in [0.15, 0.2) is 48.5 Å². The summed E-state index contributed by atoms with van der Waals surface area (Å²) in [6.45, 7) is 2.93. The zero-order valence-corrected chi connectivity index (χ0v) is 14.6. The summed E-state index contributed by atoms with van der Waals surface area (Å²) in [5.41, 5.74) is 3.63. The largest absolute Gasteiger partial charge is 0.380 e. The Morgan fingerprint density at radius 1 is 0.917 bits per heavy atom. The predicted octanol–water partition coefficient (Wildman–Crippen LogP) is 3.21. The molecule has 1 atom stereocenters. The van der Waals surface area contributed by atoms with Crippen molar-refractivity contribution < 1.29 is 5.11 Å². The number of piperidine rings is 1. The van der Waals surface area contributed by atoms with Crippen molar-refractivity contribution >= 4 is 5.69 Å². The van der Waals surface area contributed by atoms with E-state index < -0.39 is 5.60 Å². The molecule has 2 aliphatic heterocycles. The molecule has 3 nitrogen and oxygen atoms in total. The van der Waals surface area contributed by atoms with Crippen molar-refractivity contribution in [2.75, 3.05) is 32.1 Å². The lowest BCUT2D eigenvalue weighted by Gasteiger charge is -2.42. The van der Waals surface area contributed by atoms with Gasteiger partial charge in [0, 0.05) is 24.8 Å². The Labute approximate surface area is 144 Å². The minimum atomic E-state index is -0.904. The molecular formula is C21H26N2O. The number of fused-ring (bicyclic) bond motifs is 2. The summed E-state index contributed by atoms with van der Waals surface area (Å²) in [5.74, 6) is 0.252. The van der Waals surface area contributed by atoms with E-state index in [1.807, 2.05) is 0 Å². The third-order valence-corrected chi connectivity index (χ3v) is 5.87. The van der Waals surface area contributed by atoms with Gasteiger partial charge in [-0.1, -0.05) is 42.5 Å². The predicted molar refractivity (Wildman–Crippen MR) is 98.2 cm³/mol. The summed E-state index contributed by atoms with van der Waals surface area (Å²) in [6, 6.07) is 16.8. The number of likely N-dealkylation sites (tertiary alicyclic amines) is 1. The lowest BCUT2D eigenvalue weighted by atomic mass is 9.71. The second-order valence-corrected chi connectivity index (χ2v) is 7.37. The van der Waals surface area contributed by atoms with E-state index in [-0.39, 0.29) is 5.92 Å². The summed E-state index contributed by atoms with van der Waals surface area (Å²) in [4.78, 5) is 4.63. The van der Waals surface area contributed by atoms with Crippen LogP contribution in [0.1, 0.15) is 29.5 Å². The van der Waals surface area contributed by atoms with Crippen LogP contribution in [0, 0.1) is 5.92 Å². The van der Waals surface area contributed by atoms with Crippen LogP contribution in [0.25, 0.3) is 0 Å². The fraction of sp³-hybridized carbons (Fsp3) is 0.429. The van der Waals surface area contributed by atoms with Gasteiger partial charge in [0.25, 0.3) is 0 Å². The van der Waals surface area contributed by atoms with Crippen molar-refractivity contribution in [2.24, 2.45) is 5.92 Å². The number of nitrogens with zero attached hydrogens (tertiary/aromatic N) is 2. The van der Waals surface area contributed by atoms with Crippen molar-refractivity contribution in [3.05, 3.63) is 65.2 Å². The molecule has 2 aromatic rings. The highest BCUT2D eigenvalue weighted by Crippen LogP contribution is 2.48. The lowest BCUT2D eigenvalue weighted by molar-refractivity contribution is -0.0104. The second-order valence-electron chi connectivity index (χ2n) is 7.37. The molecule has 1 unspecified atom stereocenters. The van der Waals surface area contributed by atoms with Crippen LogP contribution < -0.4 is 4.90 Å². The van der Waals surface area contributed by atoms with E-state index in [9.17, 15) is 5.11 Å². The molecule has 1 fully saturated rings. The molecule has 0 amide bonds. The Bertz CT molecular complexity index is 736. The SMILES string of the molecule is CN1CCC(C2(O)c3ccccc3CN(C)c3ccccc32)CC1. The Balaban J connectivity index is 1.92. The summed E-state index contributed by atoms with van der Waals surface area (Å²) in [5, 5.41) is 12.1. The first-order valence-corrected chi connectivity index (χ1v) is 8.90. The standard InChI is InChI=1S/C21H26N2O/c1-22-13-11-17(12-14-22)21(24)18-8-4-3-7-16(18)15-23(2)20-10-6-5-9-19(20)21/h3-10,17,24H,11-15H2,1-2H3. The molecule has 0 aliphatic carbocycles. The molecule has 1 saturated heterocycles. The lowest BCUT2D eigenvalue weighted by Crippen LogP contribution is -2.43. The Morgan fingerprint density at radius 3 is 2.29 bits per heavy atom. The van der Waals surface area contributed by atoms with Gasteiger partial charge in [-0.2, -0.15) is 0 Å². The van der Waals surface area contributed by atoms with Gasteiger partial charge < -0.3 is 14.9 Å². The van der Waals surface area contributed by atoms with Crippen LogP contribution in [-0.2, 0) is 12.1 Å². The van der Waals surface area contributed by atoms with Crippen molar-refractivity contribution in [3.63, 3.8) is 0 Å². The third-order valence-electron chi connectivity index (χ3n) is 5.87. The quantitative estimate of drug-likeness (QED) is 0.873. The third kappa shape index (κ3) is 2.35. The van der Waals surface area contributed by atoms with E-state index in [0.29, 0.717) is 0 Å². The fourth-order valence-corrected chi connectivity index (χ4v) is 4.51. The van der Waals surface area contributed by atoms with Crippen molar-refractivity contribution in [3.8, 4) is 0 Å². The number of hydrogen-bond acceptors (Lipinski definition) is 3. The Morgan fingerprint density at radius 2 is 1.54 bits per heavy atom. The number of hydrogen-bond donors (Lipinski definition) is 1. The highest BCUT2D eigenvalue weighted by Gasteiger charge is 2.45. The van der Waals surface area contributed by atoms with Gasteiger partial charge in [-0.25, -0.2) is 0 Å². The first-order chi connectivity index (χ1) is 11.6. The van der Waals surface area contributed by atoms with Crippen LogP contribution >= 0.6 is 0 Å². The van der Waals surface area contributed by atoms with E-state index in [4.69, 9.17) is 0 Å². The van der Waals surface area contributed by atoms with Crippen LogP contribution in [0.4, 0.5) is 5.69 Å². The maximum absolute atomic E-state index is 12.1. The molecule has 4 rings (SSSR count). The molecular weight excluding hydrogens is 296 g/mol. The molecule has 126 valence electrons. The zero-order chi connectivity index (χ0) is 16.7. The summed E-state index contributed by atoms with van der Waals surface area (Å²) in [7, 11) is 4.29. The highest BCUT2D eigenvalue weighted by molar-refractivity contribution is 5.62. The van der Waals surface area contributed by atoms with E-state index in [1.54, 1.807) is 0 Å². The molecule has 3 heteroatoms. The summed E-state index contributed by atoms with van der Waals surface area (Å²) in [6.07, 6.45) is 2.05. The molecule has 0 saturated carbocycles. The van der Waals surface area contributed by atoms with E-state index >= 15 is 0 Å². The smallest absolute Gasteiger partial charge is 0.120 e. The van der Waals surface area contributed by atoms with Crippen molar-refractivity contribution in [1.82, 2.24) is 4.90 Å².